The van der Waals surface area contributed by atoms with Crippen molar-refractivity contribution in [3.8, 4) is 10.6 Å². The third-order valence-corrected chi connectivity index (χ3v) is 4.15. The van der Waals surface area contributed by atoms with Gasteiger partial charge in [-0.3, -0.25) is 0 Å². The number of rotatable bonds is 4. The highest BCUT2D eigenvalue weighted by Gasteiger charge is 2.35. The maximum Gasteiger partial charge on any atom is 0.451 e. The number of nitrogen functional groups attached to an aromatic ring is 1. The lowest BCUT2D eigenvalue weighted by Gasteiger charge is -2.13. The van der Waals surface area contributed by atoms with E-state index in [4.69, 9.17) is 5.73 Å². The van der Waals surface area contributed by atoms with Crippen molar-refractivity contribution in [1.82, 2.24) is 19.9 Å². The van der Waals surface area contributed by atoms with Gasteiger partial charge in [-0.05, 0) is 6.92 Å². The van der Waals surface area contributed by atoms with Crippen molar-refractivity contribution in [2.75, 3.05) is 11.1 Å². The predicted octanol–water partition coefficient (Wildman–Crippen LogP) is 3.77. The van der Waals surface area contributed by atoms with Crippen LogP contribution in [0.5, 0.6) is 0 Å². The summed E-state index contributed by atoms with van der Waals surface area (Å²) in [4.78, 5) is 14.7. The number of alkyl halides is 3. The van der Waals surface area contributed by atoms with Gasteiger partial charge in [0.25, 0.3) is 0 Å². The number of hydrogen-bond acceptors (Lipinski definition) is 7. The Hall–Kier alpha value is -2.75. The van der Waals surface area contributed by atoms with Crippen LogP contribution in [0.2, 0.25) is 0 Å². The molecule has 3 rings (SSSR count). The minimum atomic E-state index is -4.70. The lowest BCUT2D eigenvalue weighted by Crippen LogP contribution is -2.17. The second-order valence-corrected chi connectivity index (χ2v) is 6.01. The van der Waals surface area contributed by atoms with Crippen molar-refractivity contribution in [3.63, 3.8) is 0 Å². The number of benzene rings is 1. The van der Waals surface area contributed by atoms with Gasteiger partial charge < -0.3 is 11.1 Å². The first-order valence-corrected chi connectivity index (χ1v) is 8.07. The van der Waals surface area contributed by atoms with Gasteiger partial charge in [0.2, 0.25) is 17.7 Å². The quantitative estimate of drug-likeness (QED) is 0.731. The number of nitrogens with zero attached hydrogens (tertiary/aromatic N) is 4. The van der Waals surface area contributed by atoms with E-state index in [1.807, 2.05) is 35.7 Å². The molecule has 1 atom stereocenters. The van der Waals surface area contributed by atoms with E-state index in [0.717, 1.165) is 10.6 Å². The molecule has 0 amide bonds. The van der Waals surface area contributed by atoms with E-state index in [9.17, 15) is 13.2 Å². The Kier molecular flexibility index (Phi) is 4.53. The SMILES string of the molecule is CC(Nc1nc(N)nc(C(F)(F)F)n1)c1csc(-c2ccccc2)n1. The smallest absolute Gasteiger partial charge is 0.368 e. The lowest BCUT2D eigenvalue weighted by molar-refractivity contribution is -0.144. The highest BCUT2D eigenvalue weighted by Crippen LogP contribution is 2.29. The third-order valence-electron chi connectivity index (χ3n) is 3.24. The molecule has 25 heavy (non-hydrogen) atoms. The second kappa shape index (κ2) is 6.63. The van der Waals surface area contributed by atoms with Gasteiger partial charge in [0.15, 0.2) is 0 Å². The Balaban J connectivity index is 1.80. The zero-order valence-corrected chi connectivity index (χ0v) is 13.8. The molecule has 130 valence electrons. The Bertz CT molecular complexity index is 865. The van der Waals surface area contributed by atoms with Crippen molar-refractivity contribution < 1.29 is 13.2 Å². The summed E-state index contributed by atoms with van der Waals surface area (Å²) in [6.07, 6.45) is -4.70. The molecule has 0 saturated carbocycles. The van der Waals surface area contributed by atoms with Crippen LogP contribution in [0, 0.1) is 0 Å². The van der Waals surface area contributed by atoms with Crippen LogP contribution >= 0.6 is 11.3 Å². The van der Waals surface area contributed by atoms with Gasteiger partial charge in [0.1, 0.15) is 5.01 Å². The maximum atomic E-state index is 12.8. The minimum absolute atomic E-state index is 0.249. The fourth-order valence-corrected chi connectivity index (χ4v) is 2.97. The van der Waals surface area contributed by atoms with Crippen LogP contribution < -0.4 is 11.1 Å². The molecule has 0 aliphatic heterocycles. The Morgan fingerprint density at radius 3 is 2.48 bits per heavy atom. The number of thiazole rings is 1. The molecular weight excluding hydrogens is 353 g/mol. The molecule has 0 spiro atoms. The number of hydrogen-bond donors (Lipinski definition) is 2. The molecule has 0 saturated heterocycles. The van der Waals surface area contributed by atoms with Gasteiger partial charge in [-0.1, -0.05) is 30.3 Å². The van der Waals surface area contributed by atoms with E-state index in [2.05, 4.69) is 25.3 Å². The van der Waals surface area contributed by atoms with Crippen molar-refractivity contribution in [3.05, 3.63) is 47.2 Å². The fourth-order valence-electron chi connectivity index (χ4n) is 2.05. The largest absolute Gasteiger partial charge is 0.451 e. The van der Waals surface area contributed by atoms with E-state index in [1.54, 1.807) is 6.92 Å². The first kappa shape index (κ1) is 17.1. The minimum Gasteiger partial charge on any atom is -0.368 e. The molecule has 3 N–H and O–H groups in total. The molecule has 6 nitrogen and oxygen atoms in total. The lowest BCUT2D eigenvalue weighted by atomic mass is 10.2. The zero-order chi connectivity index (χ0) is 18.0. The fraction of sp³-hybridized carbons (Fsp3) is 0.200. The van der Waals surface area contributed by atoms with Crippen molar-refractivity contribution in [1.29, 1.82) is 0 Å². The molecule has 2 aromatic heterocycles. The third kappa shape index (κ3) is 4.02. The molecule has 0 bridgehead atoms. The van der Waals surface area contributed by atoms with Crippen LogP contribution in [-0.2, 0) is 6.18 Å². The first-order valence-electron chi connectivity index (χ1n) is 7.19. The highest BCUT2D eigenvalue weighted by atomic mass is 32.1. The molecular formula is C15H13F3N6S. The number of nitrogens with two attached hydrogens (primary N) is 1. The van der Waals surface area contributed by atoms with Crippen LogP contribution in [0.4, 0.5) is 25.1 Å². The van der Waals surface area contributed by atoms with Crippen LogP contribution in [0.15, 0.2) is 35.7 Å². The average Bonchev–Trinajstić information content (AvgIpc) is 3.04. The molecule has 10 heteroatoms. The van der Waals surface area contributed by atoms with Crippen molar-refractivity contribution in [2.45, 2.75) is 19.1 Å². The average molecular weight is 366 g/mol. The standard InChI is InChI=1S/C15H13F3N6S/c1-8(10-7-25-11(21-10)9-5-3-2-4-6-9)20-14-23-12(15(16,17)18)22-13(19)24-14/h2-8H,1H3,(H3,19,20,22,23,24). The number of nitrogens with one attached hydrogen (secondary N) is 1. The first-order chi connectivity index (χ1) is 11.8. The van der Waals surface area contributed by atoms with Crippen LogP contribution in [0.25, 0.3) is 10.6 Å². The van der Waals surface area contributed by atoms with Gasteiger partial charge >= 0.3 is 6.18 Å². The van der Waals surface area contributed by atoms with Gasteiger partial charge in [-0.25, -0.2) is 4.98 Å². The summed E-state index contributed by atoms with van der Waals surface area (Å²) < 4.78 is 38.3. The predicted molar refractivity (Wildman–Crippen MR) is 88.8 cm³/mol. The topological polar surface area (TPSA) is 89.6 Å². The van der Waals surface area contributed by atoms with Gasteiger partial charge in [-0.2, -0.15) is 28.1 Å². The molecule has 0 radical (unpaired) electrons. The van der Waals surface area contributed by atoms with Gasteiger partial charge in [0.05, 0.1) is 11.7 Å². The van der Waals surface area contributed by atoms with E-state index >= 15 is 0 Å². The number of anilines is 2. The summed E-state index contributed by atoms with van der Waals surface area (Å²) in [6.45, 7) is 1.75. The normalized spacial score (nSPS) is 12.8. The summed E-state index contributed by atoms with van der Waals surface area (Å²) in [5, 5.41) is 5.42. The molecule has 1 unspecified atom stereocenters. The van der Waals surface area contributed by atoms with E-state index in [1.165, 1.54) is 11.3 Å². The summed E-state index contributed by atoms with van der Waals surface area (Å²) >= 11 is 1.44. The van der Waals surface area contributed by atoms with Crippen molar-refractivity contribution >= 4 is 23.2 Å². The van der Waals surface area contributed by atoms with E-state index in [-0.39, 0.29) is 5.95 Å². The van der Waals surface area contributed by atoms with Crippen LogP contribution in [-0.4, -0.2) is 19.9 Å². The summed E-state index contributed by atoms with van der Waals surface area (Å²) in [7, 11) is 0. The summed E-state index contributed by atoms with van der Waals surface area (Å²) in [5.74, 6) is -2.08. The number of halogens is 3. The molecule has 0 fully saturated rings. The van der Waals surface area contributed by atoms with Crippen LogP contribution in [0.1, 0.15) is 24.5 Å². The monoisotopic (exact) mass is 366 g/mol. The van der Waals surface area contributed by atoms with Gasteiger partial charge in [0, 0.05) is 10.9 Å². The highest BCUT2D eigenvalue weighted by molar-refractivity contribution is 7.13. The van der Waals surface area contributed by atoms with Gasteiger partial charge in [-0.15, -0.1) is 11.3 Å². The van der Waals surface area contributed by atoms with E-state index < -0.39 is 24.0 Å². The summed E-state index contributed by atoms with van der Waals surface area (Å²) in [5.41, 5.74) is 6.97. The van der Waals surface area contributed by atoms with Crippen molar-refractivity contribution in [2.24, 2.45) is 0 Å². The Morgan fingerprint density at radius 2 is 1.80 bits per heavy atom. The molecule has 1 aromatic carbocycles. The molecule has 2 heterocycles. The van der Waals surface area contributed by atoms with Crippen LogP contribution in [0.3, 0.4) is 0 Å². The Labute approximate surface area is 145 Å². The number of aromatic nitrogens is 4. The van der Waals surface area contributed by atoms with E-state index in [0.29, 0.717) is 5.69 Å². The molecule has 3 aromatic rings. The molecule has 0 aliphatic rings. The maximum absolute atomic E-state index is 12.8. The summed E-state index contributed by atoms with van der Waals surface area (Å²) in [6, 6.07) is 9.18. The Morgan fingerprint density at radius 1 is 1.08 bits per heavy atom. The second-order valence-electron chi connectivity index (χ2n) is 5.15. The zero-order valence-electron chi connectivity index (χ0n) is 12.9. The molecule has 0 aliphatic carbocycles.